The Morgan fingerprint density at radius 3 is 2.43 bits per heavy atom. The molecule has 2 heteroatoms. The van der Waals surface area contributed by atoms with E-state index in [1.54, 1.807) is 0 Å². The number of hydrogen-bond acceptors (Lipinski definition) is 2. The van der Waals surface area contributed by atoms with Crippen LogP contribution in [0.1, 0.15) is 40.5 Å². The average Bonchev–Trinajstić information content (AvgIpc) is 2.06. The number of ether oxygens (including phenoxy) is 1. The molecule has 0 saturated heterocycles. The topological polar surface area (TPSA) is 26.3 Å². The molecule has 4 atom stereocenters. The lowest BCUT2D eigenvalue weighted by molar-refractivity contribution is -0.184. The molecule has 0 spiro atoms. The lowest BCUT2D eigenvalue weighted by Gasteiger charge is -2.61. The summed E-state index contributed by atoms with van der Waals surface area (Å²) in [5.41, 5.74) is 0.482. The van der Waals surface area contributed by atoms with Crippen molar-refractivity contribution in [1.82, 2.24) is 0 Å². The zero-order valence-electron chi connectivity index (χ0n) is 9.54. The first kappa shape index (κ1) is 10.0. The van der Waals surface area contributed by atoms with Crippen LogP contribution in [0, 0.1) is 23.2 Å². The number of carbonyl (C=O) groups is 1. The molecule has 0 amide bonds. The molecule has 2 bridgehead atoms. The predicted octanol–water partition coefficient (Wildman–Crippen LogP) is 2.62. The molecule has 3 saturated carbocycles. The first-order valence-electron chi connectivity index (χ1n) is 5.60. The fourth-order valence-corrected chi connectivity index (χ4v) is 3.47. The van der Waals surface area contributed by atoms with E-state index in [1.807, 2.05) is 0 Å². The largest absolute Gasteiger partial charge is 0.462 e. The molecular weight excluding hydrogens is 176 g/mol. The highest BCUT2D eigenvalue weighted by atomic mass is 16.5. The highest BCUT2D eigenvalue weighted by Crippen LogP contribution is 2.61. The van der Waals surface area contributed by atoms with E-state index in [1.165, 1.54) is 13.3 Å². The minimum Gasteiger partial charge on any atom is -0.462 e. The van der Waals surface area contributed by atoms with Crippen LogP contribution in [-0.4, -0.2) is 12.1 Å². The van der Waals surface area contributed by atoms with Crippen molar-refractivity contribution in [3.63, 3.8) is 0 Å². The molecule has 3 aliphatic carbocycles. The lowest BCUT2D eigenvalue weighted by Crippen LogP contribution is -2.57. The van der Waals surface area contributed by atoms with Crippen LogP contribution in [0.25, 0.3) is 0 Å². The number of hydrogen-bond donors (Lipinski definition) is 0. The van der Waals surface area contributed by atoms with Crippen molar-refractivity contribution in [1.29, 1.82) is 0 Å². The second-order valence-electron chi connectivity index (χ2n) is 5.60. The van der Waals surface area contributed by atoms with Gasteiger partial charge in [-0.05, 0) is 36.0 Å². The van der Waals surface area contributed by atoms with E-state index in [9.17, 15) is 4.79 Å². The average molecular weight is 196 g/mol. The van der Waals surface area contributed by atoms with Crippen LogP contribution in [0.3, 0.4) is 0 Å². The summed E-state index contributed by atoms with van der Waals surface area (Å²) in [6, 6.07) is 0. The van der Waals surface area contributed by atoms with Gasteiger partial charge in [-0.2, -0.15) is 0 Å². The van der Waals surface area contributed by atoms with Crippen molar-refractivity contribution >= 4 is 5.97 Å². The Morgan fingerprint density at radius 2 is 2.00 bits per heavy atom. The Bertz CT molecular complexity index is 257. The van der Waals surface area contributed by atoms with Gasteiger partial charge in [-0.25, -0.2) is 0 Å². The third-order valence-corrected chi connectivity index (χ3v) is 4.60. The Hall–Kier alpha value is -0.530. The fraction of sp³-hybridized carbons (Fsp3) is 0.917. The summed E-state index contributed by atoms with van der Waals surface area (Å²) in [6.45, 7) is 8.45. The summed E-state index contributed by atoms with van der Waals surface area (Å²) in [7, 11) is 0. The van der Waals surface area contributed by atoms with Crippen molar-refractivity contribution in [3.05, 3.63) is 0 Å². The quantitative estimate of drug-likeness (QED) is 0.603. The van der Waals surface area contributed by atoms with Gasteiger partial charge < -0.3 is 4.74 Å². The van der Waals surface area contributed by atoms with E-state index < -0.39 is 0 Å². The predicted molar refractivity (Wildman–Crippen MR) is 54.7 cm³/mol. The normalized spacial score (nSPS) is 44.0. The summed E-state index contributed by atoms with van der Waals surface area (Å²) < 4.78 is 5.36. The molecule has 3 fully saturated rings. The zero-order valence-corrected chi connectivity index (χ0v) is 9.54. The van der Waals surface area contributed by atoms with E-state index >= 15 is 0 Å². The number of rotatable bonds is 1. The van der Waals surface area contributed by atoms with E-state index in [0.717, 1.165) is 18.3 Å². The van der Waals surface area contributed by atoms with Gasteiger partial charge in [0.2, 0.25) is 0 Å². The van der Waals surface area contributed by atoms with Gasteiger partial charge in [0.15, 0.2) is 0 Å². The van der Waals surface area contributed by atoms with E-state index in [0.29, 0.717) is 11.3 Å². The Kier molecular flexibility index (Phi) is 2.13. The van der Waals surface area contributed by atoms with Gasteiger partial charge >= 0.3 is 5.97 Å². The summed E-state index contributed by atoms with van der Waals surface area (Å²) in [5.74, 6) is 1.94. The maximum Gasteiger partial charge on any atom is 0.302 e. The highest BCUT2D eigenvalue weighted by Gasteiger charge is 2.57. The molecule has 0 heterocycles. The number of carbonyl (C=O) groups excluding carboxylic acids is 1. The fourth-order valence-electron chi connectivity index (χ4n) is 3.47. The molecule has 0 N–H and O–H groups in total. The van der Waals surface area contributed by atoms with Gasteiger partial charge in [-0.1, -0.05) is 20.8 Å². The van der Waals surface area contributed by atoms with Crippen molar-refractivity contribution in [2.45, 2.75) is 46.6 Å². The molecular formula is C12H20O2. The van der Waals surface area contributed by atoms with E-state index in [4.69, 9.17) is 4.74 Å². The molecule has 0 unspecified atom stereocenters. The highest BCUT2D eigenvalue weighted by molar-refractivity contribution is 5.66. The van der Waals surface area contributed by atoms with Crippen LogP contribution in [0.5, 0.6) is 0 Å². The maximum atomic E-state index is 10.9. The zero-order chi connectivity index (χ0) is 10.5. The van der Waals surface area contributed by atoms with Crippen molar-refractivity contribution in [2.24, 2.45) is 23.2 Å². The summed E-state index contributed by atoms with van der Waals surface area (Å²) in [5, 5.41) is 0. The maximum absolute atomic E-state index is 10.9. The van der Waals surface area contributed by atoms with Crippen LogP contribution in [-0.2, 0) is 9.53 Å². The minimum atomic E-state index is -0.124. The summed E-state index contributed by atoms with van der Waals surface area (Å²) >= 11 is 0. The molecule has 0 aromatic carbocycles. The van der Waals surface area contributed by atoms with Crippen molar-refractivity contribution in [3.8, 4) is 0 Å². The Morgan fingerprint density at radius 1 is 1.36 bits per heavy atom. The van der Waals surface area contributed by atoms with Gasteiger partial charge in [0.25, 0.3) is 0 Å². The third-order valence-electron chi connectivity index (χ3n) is 4.60. The van der Waals surface area contributed by atoms with Crippen molar-refractivity contribution < 1.29 is 9.53 Å². The number of fused-ring (bicyclic) bond motifs is 2. The van der Waals surface area contributed by atoms with Crippen molar-refractivity contribution in [2.75, 3.05) is 0 Å². The molecule has 0 aromatic rings. The van der Waals surface area contributed by atoms with E-state index in [-0.39, 0.29) is 12.1 Å². The van der Waals surface area contributed by atoms with Crippen LogP contribution in [0.4, 0.5) is 0 Å². The molecule has 14 heavy (non-hydrogen) atoms. The third kappa shape index (κ3) is 1.27. The minimum absolute atomic E-state index is 0.124. The lowest BCUT2D eigenvalue weighted by atomic mass is 9.45. The van der Waals surface area contributed by atoms with Crippen LogP contribution in [0.2, 0.25) is 0 Å². The SMILES string of the molecule is CC(=O)O[C@@H]1C[C@@H]2C[C@H]([C@H]1C)C2(C)C. The monoisotopic (exact) mass is 196 g/mol. The number of esters is 1. The molecule has 3 aliphatic rings. The molecule has 3 rings (SSSR count). The molecule has 80 valence electrons. The van der Waals surface area contributed by atoms with Crippen LogP contribution >= 0.6 is 0 Å². The molecule has 2 nitrogen and oxygen atoms in total. The summed E-state index contributed by atoms with van der Waals surface area (Å²) in [4.78, 5) is 10.9. The Labute approximate surface area is 86.0 Å². The van der Waals surface area contributed by atoms with Gasteiger partial charge in [-0.15, -0.1) is 0 Å². The second-order valence-corrected chi connectivity index (χ2v) is 5.60. The molecule has 0 radical (unpaired) electrons. The van der Waals surface area contributed by atoms with Crippen LogP contribution in [0.15, 0.2) is 0 Å². The van der Waals surface area contributed by atoms with Gasteiger partial charge in [0.1, 0.15) is 6.10 Å². The molecule has 0 aliphatic heterocycles. The second kappa shape index (κ2) is 2.98. The van der Waals surface area contributed by atoms with E-state index in [2.05, 4.69) is 20.8 Å². The summed E-state index contributed by atoms with van der Waals surface area (Å²) in [6.07, 6.45) is 2.60. The first-order valence-corrected chi connectivity index (χ1v) is 5.60. The molecule has 0 aromatic heterocycles. The first-order chi connectivity index (χ1) is 6.43. The van der Waals surface area contributed by atoms with Crippen LogP contribution < -0.4 is 0 Å². The standard InChI is InChI=1S/C12H20O2/c1-7-10-5-9(12(10,3)4)6-11(7)14-8(2)13/h7,9-11H,5-6H2,1-4H3/t7-,9+,10-,11-/m1/s1. The van der Waals surface area contributed by atoms with Gasteiger partial charge in [0, 0.05) is 6.92 Å². The Balaban J connectivity index is 2.04. The van der Waals surface area contributed by atoms with Gasteiger partial charge in [-0.3, -0.25) is 4.79 Å². The smallest absolute Gasteiger partial charge is 0.302 e. The van der Waals surface area contributed by atoms with Gasteiger partial charge in [0.05, 0.1) is 0 Å².